The lowest BCUT2D eigenvalue weighted by atomic mass is 10.3. The Morgan fingerprint density at radius 3 is 3.06 bits per heavy atom. The summed E-state index contributed by atoms with van der Waals surface area (Å²) in [6, 6.07) is 3.35. The minimum absolute atomic E-state index is 0.0532. The number of hydrogen-bond donors (Lipinski definition) is 2. The van der Waals surface area contributed by atoms with E-state index in [0.29, 0.717) is 11.4 Å². The highest BCUT2D eigenvalue weighted by Gasteiger charge is 2.16. The van der Waals surface area contributed by atoms with E-state index in [9.17, 15) is 4.79 Å². The smallest absolute Gasteiger partial charge is 0.292 e. The lowest BCUT2D eigenvalue weighted by Crippen LogP contribution is -2.19. The van der Waals surface area contributed by atoms with Crippen LogP contribution in [-0.2, 0) is 0 Å². The Kier molecular flexibility index (Phi) is 2.50. The molecule has 0 unspecified atom stereocenters. The molecule has 0 aliphatic rings. The molecule has 16 heavy (non-hydrogen) atoms. The molecule has 2 aromatic heterocycles. The molecule has 0 aliphatic carbocycles. The fourth-order valence-electron chi connectivity index (χ4n) is 1.12. The second-order valence-corrected chi connectivity index (χ2v) is 2.94. The van der Waals surface area contributed by atoms with Crippen LogP contribution in [0.5, 0.6) is 0 Å². The van der Waals surface area contributed by atoms with Gasteiger partial charge >= 0.3 is 0 Å². The molecular formula is C9H9N5O2. The summed E-state index contributed by atoms with van der Waals surface area (Å²) in [6.45, 7) is 0. The minimum Gasteiger partial charge on any atom is -0.397 e. The molecule has 2 rings (SSSR count). The van der Waals surface area contributed by atoms with Crippen LogP contribution in [0.15, 0.2) is 22.9 Å². The summed E-state index contributed by atoms with van der Waals surface area (Å²) >= 11 is 0. The van der Waals surface area contributed by atoms with Gasteiger partial charge in [-0.2, -0.15) is 4.98 Å². The molecule has 0 atom stereocenters. The molecule has 7 nitrogen and oxygen atoms in total. The van der Waals surface area contributed by atoms with Gasteiger partial charge in [0.25, 0.3) is 17.6 Å². The second-order valence-electron chi connectivity index (χ2n) is 2.94. The number of carbonyl (C=O) groups excluding carboxylic acids is 1. The third kappa shape index (κ3) is 1.70. The van der Waals surface area contributed by atoms with Crippen molar-refractivity contribution in [3.8, 4) is 11.6 Å². The highest BCUT2D eigenvalue weighted by molar-refractivity contribution is 5.90. The van der Waals surface area contributed by atoms with Crippen LogP contribution in [0.4, 0.5) is 5.69 Å². The van der Waals surface area contributed by atoms with Crippen LogP contribution in [0.1, 0.15) is 10.6 Å². The first-order valence-corrected chi connectivity index (χ1v) is 4.49. The Bertz CT molecular complexity index is 522. The van der Waals surface area contributed by atoms with Crippen molar-refractivity contribution in [1.29, 1.82) is 0 Å². The van der Waals surface area contributed by atoms with Crippen molar-refractivity contribution >= 4 is 11.6 Å². The number of pyridine rings is 1. The number of hydrogen-bond acceptors (Lipinski definition) is 6. The molecule has 2 aromatic rings. The lowest BCUT2D eigenvalue weighted by Gasteiger charge is -1.96. The molecule has 82 valence electrons. The maximum atomic E-state index is 11.2. The van der Waals surface area contributed by atoms with Gasteiger partial charge in [0.1, 0.15) is 0 Å². The molecule has 7 heteroatoms. The van der Waals surface area contributed by atoms with Crippen LogP contribution in [0, 0.1) is 0 Å². The largest absolute Gasteiger partial charge is 0.397 e. The lowest BCUT2D eigenvalue weighted by molar-refractivity contribution is 0.0950. The van der Waals surface area contributed by atoms with E-state index < -0.39 is 5.91 Å². The third-order valence-corrected chi connectivity index (χ3v) is 1.90. The standard InChI is InChI=1S/C9H9N5O2/c1-11-8(15)7-13-9(16-14-7)6-5(10)3-2-4-12-6/h2-4H,10H2,1H3,(H,11,15). The molecule has 0 fully saturated rings. The maximum absolute atomic E-state index is 11.2. The zero-order chi connectivity index (χ0) is 11.5. The van der Waals surface area contributed by atoms with E-state index in [4.69, 9.17) is 10.3 Å². The van der Waals surface area contributed by atoms with Crippen LogP contribution < -0.4 is 11.1 Å². The zero-order valence-corrected chi connectivity index (χ0v) is 8.47. The monoisotopic (exact) mass is 219 g/mol. The molecule has 3 N–H and O–H groups in total. The molecule has 0 radical (unpaired) electrons. The van der Waals surface area contributed by atoms with E-state index in [0.717, 1.165) is 0 Å². The summed E-state index contributed by atoms with van der Waals surface area (Å²) in [6.07, 6.45) is 1.55. The zero-order valence-electron chi connectivity index (χ0n) is 8.47. The Labute approximate surface area is 90.7 Å². The van der Waals surface area contributed by atoms with Gasteiger partial charge in [-0.05, 0) is 12.1 Å². The molecular weight excluding hydrogens is 210 g/mol. The Morgan fingerprint density at radius 1 is 1.56 bits per heavy atom. The van der Waals surface area contributed by atoms with Crippen LogP contribution >= 0.6 is 0 Å². The van der Waals surface area contributed by atoms with Gasteiger partial charge in [0, 0.05) is 13.2 Å². The van der Waals surface area contributed by atoms with E-state index in [1.807, 2.05) is 0 Å². The van der Waals surface area contributed by atoms with Crippen LogP contribution in [0.25, 0.3) is 11.6 Å². The summed E-state index contributed by atoms with van der Waals surface area (Å²) in [4.78, 5) is 19.1. The molecule has 0 bridgehead atoms. The van der Waals surface area contributed by atoms with Gasteiger partial charge in [-0.1, -0.05) is 5.16 Å². The van der Waals surface area contributed by atoms with Crippen molar-refractivity contribution in [2.45, 2.75) is 0 Å². The number of nitrogens with one attached hydrogen (secondary N) is 1. The van der Waals surface area contributed by atoms with Gasteiger partial charge in [-0.25, -0.2) is 4.98 Å². The Balaban J connectivity index is 2.39. The van der Waals surface area contributed by atoms with E-state index in [1.165, 1.54) is 7.05 Å². The highest BCUT2D eigenvalue weighted by atomic mass is 16.5. The van der Waals surface area contributed by atoms with Crippen molar-refractivity contribution in [3.63, 3.8) is 0 Å². The predicted octanol–water partition coefficient (Wildman–Crippen LogP) is 0.0734. The molecule has 0 saturated carbocycles. The minimum atomic E-state index is -0.426. The molecule has 2 heterocycles. The molecule has 0 aliphatic heterocycles. The molecule has 1 amide bonds. The fourth-order valence-corrected chi connectivity index (χ4v) is 1.12. The average Bonchev–Trinajstić information content (AvgIpc) is 2.78. The number of amides is 1. The summed E-state index contributed by atoms with van der Waals surface area (Å²) < 4.78 is 4.89. The highest BCUT2D eigenvalue weighted by Crippen LogP contribution is 2.20. The predicted molar refractivity (Wildman–Crippen MR) is 55.3 cm³/mol. The number of nitrogen functional groups attached to an aromatic ring is 1. The van der Waals surface area contributed by atoms with Crippen molar-refractivity contribution < 1.29 is 9.32 Å². The van der Waals surface area contributed by atoms with E-state index >= 15 is 0 Å². The first-order valence-electron chi connectivity index (χ1n) is 4.49. The van der Waals surface area contributed by atoms with Crippen molar-refractivity contribution in [1.82, 2.24) is 20.4 Å². The summed E-state index contributed by atoms with van der Waals surface area (Å²) in [5.41, 5.74) is 6.46. The number of rotatable bonds is 2. The number of anilines is 1. The number of nitrogens with zero attached hydrogens (tertiary/aromatic N) is 3. The summed E-state index contributed by atoms with van der Waals surface area (Å²) in [5.74, 6) is -0.358. The van der Waals surface area contributed by atoms with Crippen LogP contribution in [-0.4, -0.2) is 28.1 Å². The van der Waals surface area contributed by atoms with Crippen LogP contribution in [0.3, 0.4) is 0 Å². The quantitative estimate of drug-likeness (QED) is 0.740. The van der Waals surface area contributed by atoms with E-state index in [1.54, 1.807) is 18.3 Å². The molecule has 0 saturated heterocycles. The second kappa shape index (κ2) is 3.97. The van der Waals surface area contributed by atoms with Gasteiger partial charge in [-0.15, -0.1) is 0 Å². The van der Waals surface area contributed by atoms with Crippen LogP contribution in [0.2, 0.25) is 0 Å². The third-order valence-electron chi connectivity index (χ3n) is 1.90. The van der Waals surface area contributed by atoms with Crippen molar-refractivity contribution in [3.05, 3.63) is 24.2 Å². The number of carbonyl (C=O) groups is 1. The topological polar surface area (TPSA) is 107 Å². The Morgan fingerprint density at radius 2 is 2.38 bits per heavy atom. The number of aromatic nitrogens is 3. The molecule has 0 spiro atoms. The average molecular weight is 219 g/mol. The van der Waals surface area contributed by atoms with Gasteiger partial charge in [0.05, 0.1) is 5.69 Å². The van der Waals surface area contributed by atoms with Gasteiger partial charge in [0.15, 0.2) is 5.69 Å². The maximum Gasteiger partial charge on any atom is 0.292 e. The van der Waals surface area contributed by atoms with Crippen molar-refractivity contribution in [2.75, 3.05) is 12.8 Å². The first-order chi connectivity index (χ1) is 7.72. The molecule has 0 aromatic carbocycles. The van der Waals surface area contributed by atoms with Gasteiger partial charge in [0.2, 0.25) is 0 Å². The first kappa shape index (κ1) is 10.1. The SMILES string of the molecule is CNC(=O)c1noc(-c2ncccc2N)n1. The normalized spacial score (nSPS) is 10.1. The van der Waals surface area contributed by atoms with E-state index in [2.05, 4.69) is 20.4 Å². The number of nitrogens with two attached hydrogens (primary N) is 1. The summed E-state index contributed by atoms with van der Waals surface area (Å²) in [7, 11) is 1.48. The van der Waals surface area contributed by atoms with Crippen molar-refractivity contribution in [2.24, 2.45) is 0 Å². The fraction of sp³-hybridized carbons (Fsp3) is 0.111. The van der Waals surface area contributed by atoms with Gasteiger partial charge < -0.3 is 15.6 Å². The van der Waals surface area contributed by atoms with E-state index in [-0.39, 0.29) is 11.7 Å². The Hall–Kier alpha value is -2.44. The van der Waals surface area contributed by atoms with Gasteiger partial charge in [-0.3, -0.25) is 4.79 Å². The summed E-state index contributed by atoms with van der Waals surface area (Å²) in [5, 5.41) is 5.90.